The molecule has 186 valence electrons. The maximum atomic E-state index is 12.4. The third-order valence-electron chi connectivity index (χ3n) is 5.52. The second-order valence-electron chi connectivity index (χ2n) is 9.52. The number of para-hydroxylation sites is 1. The summed E-state index contributed by atoms with van der Waals surface area (Å²) in [6.45, 7) is 6.69. The standard InChI is InChI=1S/C26H28N6O4/c1-26(2,3)36-25(33)32-14-13-17(15-32)29-23-21-22(30-31-23)27-16-28-24(21)35-20-11-9-19(10-12-20)34-18-7-5-4-6-8-18/h4-12,16-17H,13-15H2,1-3H3,(H2,27,28,29,30,31). The molecule has 10 heteroatoms. The lowest BCUT2D eigenvalue weighted by atomic mass is 10.2. The highest BCUT2D eigenvalue weighted by atomic mass is 16.6. The minimum Gasteiger partial charge on any atom is -0.457 e. The molecule has 0 spiro atoms. The Morgan fingerprint density at radius 3 is 2.42 bits per heavy atom. The van der Waals surface area contributed by atoms with Gasteiger partial charge in [-0.25, -0.2) is 14.8 Å². The Balaban J connectivity index is 1.28. The van der Waals surface area contributed by atoms with Crippen LogP contribution in [0.1, 0.15) is 27.2 Å². The maximum absolute atomic E-state index is 12.4. The van der Waals surface area contributed by atoms with Crippen molar-refractivity contribution in [3.05, 3.63) is 60.9 Å². The summed E-state index contributed by atoms with van der Waals surface area (Å²) in [6, 6.07) is 16.9. The zero-order chi connectivity index (χ0) is 25.1. The van der Waals surface area contributed by atoms with Crippen molar-refractivity contribution in [3.8, 4) is 23.1 Å². The summed E-state index contributed by atoms with van der Waals surface area (Å²) in [7, 11) is 0. The Morgan fingerprint density at radius 1 is 1.00 bits per heavy atom. The summed E-state index contributed by atoms with van der Waals surface area (Å²) in [5.74, 6) is 2.99. The van der Waals surface area contributed by atoms with Gasteiger partial charge < -0.3 is 24.4 Å². The number of nitrogens with zero attached hydrogens (tertiary/aromatic N) is 4. The smallest absolute Gasteiger partial charge is 0.410 e. The molecule has 1 amide bonds. The molecule has 1 fully saturated rings. The van der Waals surface area contributed by atoms with E-state index in [1.165, 1.54) is 6.33 Å². The van der Waals surface area contributed by atoms with Crippen molar-refractivity contribution < 1.29 is 19.0 Å². The molecule has 36 heavy (non-hydrogen) atoms. The van der Waals surface area contributed by atoms with Crippen molar-refractivity contribution in [1.29, 1.82) is 0 Å². The SMILES string of the molecule is CC(C)(C)OC(=O)N1CCC(Nc2n[nH]c3ncnc(Oc4ccc(Oc5ccccc5)cc4)c23)C1. The van der Waals surface area contributed by atoms with Gasteiger partial charge in [-0.05, 0) is 63.6 Å². The molecule has 5 rings (SSSR count). The van der Waals surface area contributed by atoms with Crippen LogP contribution in [0.4, 0.5) is 10.6 Å². The Kier molecular flexibility index (Phi) is 6.32. The summed E-state index contributed by atoms with van der Waals surface area (Å²) in [6.07, 6.45) is 1.87. The monoisotopic (exact) mass is 488 g/mol. The van der Waals surface area contributed by atoms with Crippen molar-refractivity contribution in [2.75, 3.05) is 18.4 Å². The lowest BCUT2D eigenvalue weighted by Crippen LogP contribution is -2.36. The molecule has 2 aromatic heterocycles. The van der Waals surface area contributed by atoms with Crippen LogP contribution >= 0.6 is 0 Å². The zero-order valence-electron chi connectivity index (χ0n) is 20.4. The number of rotatable bonds is 6. The first-order valence-corrected chi connectivity index (χ1v) is 11.8. The lowest BCUT2D eigenvalue weighted by molar-refractivity contribution is 0.0293. The number of carbonyl (C=O) groups is 1. The lowest BCUT2D eigenvalue weighted by Gasteiger charge is -2.24. The molecule has 1 saturated heterocycles. The van der Waals surface area contributed by atoms with Crippen LogP contribution in [-0.2, 0) is 4.74 Å². The summed E-state index contributed by atoms with van der Waals surface area (Å²) in [5.41, 5.74) is 0.0183. The van der Waals surface area contributed by atoms with Gasteiger partial charge in [-0.1, -0.05) is 18.2 Å². The molecule has 0 bridgehead atoms. The number of fused-ring (bicyclic) bond motifs is 1. The van der Waals surface area contributed by atoms with E-state index in [4.69, 9.17) is 14.2 Å². The second-order valence-corrected chi connectivity index (χ2v) is 9.52. The van der Waals surface area contributed by atoms with E-state index in [9.17, 15) is 4.79 Å². The summed E-state index contributed by atoms with van der Waals surface area (Å²) < 4.78 is 17.4. The van der Waals surface area contributed by atoms with Crippen molar-refractivity contribution in [3.63, 3.8) is 0 Å². The van der Waals surface area contributed by atoms with Gasteiger partial charge >= 0.3 is 6.09 Å². The van der Waals surface area contributed by atoms with Gasteiger partial charge in [0.1, 0.15) is 34.6 Å². The van der Waals surface area contributed by atoms with E-state index >= 15 is 0 Å². The van der Waals surface area contributed by atoms with Crippen LogP contribution in [0.3, 0.4) is 0 Å². The number of ether oxygens (including phenoxy) is 3. The van der Waals surface area contributed by atoms with Gasteiger partial charge in [0.25, 0.3) is 0 Å². The molecule has 1 unspecified atom stereocenters. The fourth-order valence-electron chi connectivity index (χ4n) is 3.89. The van der Waals surface area contributed by atoms with E-state index in [2.05, 4.69) is 25.5 Å². The van der Waals surface area contributed by atoms with Crippen molar-refractivity contribution in [2.24, 2.45) is 0 Å². The highest BCUT2D eigenvalue weighted by Crippen LogP contribution is 2.33. The third kappa shape index (κ3) is 5.48. The Hall–Kier alpha value is -4.34. The zero-order valence-corrected chi connectivity index (χ0v) is 20.4. The van der Waals surface area contributed by atoms with Gasteiger partial charge in [0.05, 0.1) is 0 Å². The minimum absolute atomic E-state index is 0.00601. The highest BCUT2D eigenvalue weighted by molar-refractivity contribution is 5.91. The molecule has 2 aromatic carbocycles. The fraction of sp³-hybridized carbons (Fsp3) is 0.308. The van der Waals surface area contributed by atoms with Crippen LogP contribution in [0.25, 0.3) is 11.0 Å². The molecule has 2 N–H and O–H groups in total. The Labute approximate surface area is 208 Å². The van der Waals surface area contributed by atoms with Gasteiger partial charge in [-0.3, -0.25) is 5.10 Å². The number of benzene rings is 2. The van der Waals surface area contributed by atoms with Crippen LogP contribution in [0.2, 0.25) is 0 Å². The molecule has 10 nitrogen and oxygen atoms in total. The van der Waals surface area contributed by atoms with Gasteiger partial charge in [0, 0.05) is 19.1 Å². The number of hydrogen-bond donors (Lipinski definition) is 2. The Morgan fingerprint density at radius 2 is 1.69 bits per heavy atom. The van der Waals surface area contributed by atoms with E-state index in [-0.39, 0.29) is 12.1 Å². The van der Waals surface area contributed by atoms with Crippen molar-refractivity contribution >= 4 is 22.9 Å². The predicted molar refractivity (Wildman–Crippen MR) is 135 cm³/mol. The average molecular weight is 489 g/mol. The molecule has 0 aliphatic carbocycles. The van der Waals surface area contributed by atoms with Gasteiger partial charge in [-0.2, -0.15) is 5.10 Å². The van der Waals surface area contributed by atoms with E-state index in [0.717, 1.165) is 12.2 Å². The molecular formula is C26H28N6O4. The first-order chi connectivity index (χ1) is 17.3. The number of anilines is 1. The second kappa shape index (κ2) is 9.73. The largest absolute Gasteiger partial charge is 0.457 e. The quantitative estimate of drug-likeness (QED) is 0.373. The van der Waals surface area contributed by atoms with Crippen LogP contribution in [0.5, 0.6) is 23.1 Å². The average Bonchev–Trinajstić information content (AvgIpc) is 3.48. The molecule has 1 aliphatic heterocycles. The normalized spacial score (nSPS) is 15.6. The minimum atomic E-state index is -0.531. The number of H-pyrrole nitrogens is 1. The third-order valence-corrected chi connectivity index (χ3v) is 5.52. The number of amides is 1. The van der Waals surface area contributed by atoms with Crippen LogP contribution in [0.15, 0.2) is 60.9 Å². The van der Waals surface area contributed by atoms with E-state index in [0.29, 0.717) is 47.3 Å². The van der Waals surface area contributed by atoms with Gasteiger partial charge in [0.15, 0.2) is 11.5 Å². The van der Waals surface area contributed by atoms with E-state index in [1.807, 2.05) is 75.4 Å². The van der Waals surface area contributed by atoms with Crippen LogP contribution in [0, 0.1) is 0 Å². The summed E-state index contributed by atoms with van der Waals surface area (Å²) in [5, 5.41) is 11.3. The molecule has 1 aliphatic rings. The van der Waals surface area contributed by atoms with Crippen molar-refractivity contribution in [1.82, 2.24) is 25.1 Å². The number of nitrogens with one attached hydrogen (secondary N) is 2. The van der Waals surface area contributed by atoms with Crippen LogP contribution in [-0.4, -0.2) is 55.9 Å². The summed E-state index contributed by atoms with van der Waals surface area (Å²) >= 11 is 0. The maximum Gasteiger partial charge on any atom is 0.410 e. The van der Waals surface area contributed by atoms with Gasteiger partial charge in [-0.15, -0.1) is 0 Å². The molecule has 0 radical (unpaired) electrons. The number of hydrogen-bond acceptors (Lipinski definition) is 8. The number of carbonyl (C=O) groups excluding carboxylic acids is 1. The fourth-order valence-corrected chi connectivity index (χ4v) is 3.89. The highest BCUT2D eigenvalue weighted by Gasteiger charge is 2.30. The van der Waals surface area contributed by atoms with Crippen molar-refractivity contribution in [2.45, 2.75) is 38.8 Å². The predicted octanol–water partition coefficient (Wildman–Crippen LogP) is 5.36. The number of aromatic amines is 1. The van der Waals surface area contributed by atoms with Crippen LogP contribution < -0.4 is 14.8 Å². The molecule has 4 aromatic rings. The van der Waals surface area contributed by atoms with E-state index < -0.39 is 5.60 Å². The van der Waals surface area contributed by atoms with Gasteiger partial charge in [0.2, 0.25) is 5.88 Å². The van der Waals surface area contributed by atoms with E-state index in [1.54, 1.807) is 4.90 Å². The first-order valence-electron chi connectivity index (χ1n) is 11.8. The molecule has 1 atom stereocenters. The topological polar surface area (TPSA) is 114 Å². The first kappa shape index (κ1) is 23.4. The molecule has 0 saturated carbocycles. The molecular weight excluding hydrogens is 460 g/mol. The Bertz CT molecular complexity index is 1330. The summed E-state index contributed by atoms with van der Waals surface area (Å²) in [4.78, 5) is 22.7. The number of aromatic nitrogens is 4. The molecule has 3 heterocycles. The number of likely N-dealkylation sites (tertiary alicyclic amines) is 1.